The second-order valence-electron chi connectivity index (χ2n) is 7.72. The van der Waals surface area contributed by atoms with Crippen LogP contribution in [0.15, 0.2) is 36.8 Å². The van der Waals surface area contributed by atoms with Crippen LogP contribution in [0.5, 0.6) is 0 Å². The molecule has 0 spiro atoms. The minimum absolute atomic E-state index is 0.130. The van der Waals surface area contributed by atoms with Gasteiger partial charge in [-0.2, -0.15) is 18.3 Å². The molecular formula is C22H23F3N6O. The van der Waals surface area contributed by atoms with Gasteiger partial charge in [0.2, 0.25) is 0 Å². The normalized spacial score (nSPS) is 14.8. The average Bonchev–Trinajstić information content (AvgIpc) is 3.39. The van der Waals surface area contributed by atoms with E-state index in [1.54, 1.807) is 10.9 Å². The summed E-state index contributed by atoms with van der Waals surface area (Å²) in [6, 6.07) is 3.95. The second kappa shape index (κ2) is 8.27. The number of alkyl halides is 3. The number of aromatic nitrogens is 4. The van der Waals surface area contributed by atoms with Gasteiger partial charge in [-0.15, -0.1) is 0 Å². The molecule has 0 bridgehead atoms. The SMILES string of the molecule is CN.Cn1cc(-c2ccc3c(c2)[nH]c2c(C=O)cnc(NC(C4CC4)C(F)(F)F)c23)cn1. The van der Waals surface area contributed by atoms with E-state index in [1.165, 1.54) is 13.2 Å². The predicted molar refractivity (Wildman–Crippen MR) is 117 cm³/mol. The number of hydrogen-bond acceptors (Lipinski definition) is 5. The number of aryl methyl sites for hydroxylation is 1. The van der Waals surface area contributed by atoms with Gasteiger partial charge in [0.1, 0.15) is 11.9 Å². The summed E-state index contributed by atoms with van der Waals surface area (Å²) in [6.45, 7) is 0. The van der Waals surface area contributed by atoms with Gasteiger partial charge in [-0.25, -0.2) is 4.98 Å². The van der Waals surface area contributed by atoms with Crippen LogP contribution in [-0.2, 0) is 7.05 Å². The Hall–Kier alpha value is -3.40. The third kappa shape index (κ3) is 3.93. The number of carbonyl (C=O) groups is 1. The molecule has 3 heterocycles. The quantitative estimate of drug-likeness (QED) is 0.400. The third-order valence-corrected chi connectivity index (χ3v) is 5.56. The lowest BCUT2D eigenvalue weighted by Gasteiger charge is -2.22. The lowest BCUT2D eigenvalue weighted by atomic mass is 10.1. The maximum atomic E-state index is 13.6. The van der Waals surface area contributed by atoms with Gasteiger partial charge in [-0.1, -0.05) is 12.1 Å². The van der Waals surface area contributed by atoms with Crippen LogP contribution in [0.25, 0.3) is 32.9 Å². The van der Waals surface area contributed by atoms with Crippen molar-refractivity contribution in [2.24, 2.45) is 18.7 Å². The van der Waals surface area contributed by atoms with Crippen LogP contribution in [-0.4, -0.2) is 45.3 Å². The molecule has 0 radical (unpaired) electrons. The van der Waals surface area contributed by atoms with Crippen LogP contribution in [0.4, 0.5) is 19.0 Å². The molecule has 1 aliphatic rings. The summed E-state index contributed by atoms with van der Waals surface area (Å²) in [5, 5.41) is 7.98. The molecule has 1 fully saturated rings. The van der Waals surface area contributed by atoms with E-state index in [2.05, 4.69) is 26.1 Å². The lowest BCUT2D eigenvalue weighted by molar-refractivity contribution is -0.146. The highest BCUT2D eigenvalue weighted by Crippen LogP contribution is 2.43. The molecule has 1 aromatic carbocycles. The van der Waals surface area contributed by atoms with Crippen molar-refractivity contribution in [3.05, 3.63) is 42.4 Å². The summed E-state index contributed by atoms with van der Waals surface area (Å²) in [5.74, 6) is -0.319. The Balaban J connectivity index is 0.00000119. The van der Waals surface area contributed by atoms with Gasteiger partial charge in [-0.05, 0) is 37.4 Å². The van der Waals surface area contributed by atoms with E-state index in [1.807, 2.05) is 31.4 Å². The van der Waals surface area contributed by atoms with Crippen molar-refractivity contribution in [2.75, 3.05) is 12.4 Å². The van der Waals surface area contributed by atoms with Gasteiger partial charge in [0, 0.05) is 35.9 Å². The van der Waals surface area contributed by atoms with Crippen LogP contribution in [0.3, 0.4) is 0 Å². The first-order chi connectivity index (χ1) is 15.3. The Bertz CT molecular complexity index is 1270. The van der Waals surface area contributed by atoms with Gasteiger partial charge >= 0.3 is 6.18 Å². The van der Waals surface area contributed by atoms with Crippen molar-refractivity contribution >= 4 is 33.9 Å². The molecule has 10 heteroatoms. The average molecular weight is 444 g/mol. The van der Waals surface area contributed by atoms with Gasteiger partial charge in [0.05, 0.1) is 22.7 Å². The molecule has 32 heavy (non-hydrogen) atoms. The Morgan fingerprint density at radius 2 is 2.00 bits per heavy atom. The molecule has 3 aromatic heterocycles. The number of nitrogens with zero attached hydrogens (tertiary/aromatic N) is 3. The van der Waals surface area contributed by atoms with Crippen molar-refractivity contribution in [1.29, 1.82) is 0 Å². The largest absolute Gasteiger partial charge is 0.408 e. The summed E-state index contributed by atoms with van der Waals surface area (Å²) in [4.78, 5) is 18.9. The van der Waals surface area contributed by atoms with Crippen LogP contribution >= 0.6 is 0 Å². The topological polar surface area (TPSA) is 102 Å². The van der Waals surface area contributed by atoms with E-state index in [0.29, 0.717) is 46.5 Å². The highest BCUT2D eigenvalue weighted by Gasteiger charge is 2.49. The molecule has 5 rings (SSSR count). The number of hydrogen-bond donors (Lipinski definition) is 3. The number of anilines is 1. The fraction of sp³-hybridized carbons (Fsp3) is 0.318. The molecule has 168 valence electrons. The number of nitrogens with one attached hydrogen (secondary N) is 2. The standard InChI is InChI=1S/C21H18F3N5O.CH5N/c1-29-9-13(8-26-29)12-4-5-15-16(6-12)27-18-14(10-30)7-25-20(17(15)18)28-19(11-2-3-11)21(22,23)24;1-2/h4-11,19,27H,2-3H2,1H3,(H,25,28);2H2,1H3. The van der Waals surface area contributed by atoms with Crippen molar-refractivity contribution in [3.63, 3.8) is 0 Å². The van der Waals surface area contributed by atoms with Gasteiger partial charge in [0.15, 0.2) is 6.29 Å². The first-order valence-electron chi connectivity index (χ1n) is 10.1. The molecule has 0 aliphatic heterocycles. The molecule has 1 unspecified atom stereocenters. The van der Waals surface area contributed by atoms with Crippen LogP contribution in [0, 0.1) is 5.92 Å². The molecular weight excluding hydrogens is 421 g/mol. The van der Waals surface area contributed by atoms with Crippen molar-refractivity contribution in [2.45, 2.75) is 25.1 Å². The van der Waals surface area contributed by atoms with Gasteiger partial charge < -0.3 is 16.0 Å². The van der Waals surface area contributed by atoms with Crippen molar-refractivity contribution in [1.82, 2.24) is 19.7 Å². The zero-order chi connectivity index (χ0) is 23.0. The molecule has 1 aliphatic carbocycles. The summed E-state index contributed by atoms with van der Waals surface area (Å²) < 4.78 is 42.4. The molecule has 1 saturated carbocycles. The zero-order valence-electron chi connectivity index (χ0n) is 17.6. The Kier molecular flexibility index (Phi) is 5.64. The van der Waals surface area contributed by atoms with Crippen LogP contribution in [0.2, 0.25) is 0 Å². The number of aldehydes is 1. The molecule has 1 atom stereocenters. The number of fused-ring (bicyclic) bond motifs is 3. The van der Waals surface area contributed by atoms with Crippen molar-refractivity contribution in [3.8, 4) is 11.1 Å². The minimum Gasteiger partial charge on any atom is -0.358 e. The monoisotopic (exact) mass is 444 g/mol. The van der Waals surface area contributed by atoms with E-state index in [4.69, 9.17) is 0 Å². The molecule has 0 saturated heterocycles. The first kappa shape index (κ1) is 21.8. The Morgan fingerprint density at radius 1 is 1.25 bits per heavy atom. The lowest BCUT2D eigenvalue weighted by Crippen LogP contribution is -2.38. The summed E-state index contributed by atoms with van der Waals surface area (Å²) in [6.07, 6.45) is 2.26. The maximum absolute atomic E-state index is 13.6. The van der Waals surface area contributed by atoms with E-state index in [-0.39, 0.29) is 5.82 Å². The van der Waals surface area contributed by atoms with Gasteiger partial charge in [-0.3, -0.25) is 9.48 Å². The van der Waals surface area contributed by atoms with Crippen LogP contribution in [0.1, 0.15) is 23.2 Å². The highest BCUT2D eigenvalue weighted by molar-refractivity contribution is 6.16. The Labute approximate surface area is 181 Å². The Morgan fingerprint density at radius 3 is 2.59 bits per heavy atom. The molecule has 0 amide bonds. The number of benzene rings is 1. The second-order valence-corrected chi connectivity index (χ2v) is 7.72. The smallest absolute Gasteiger partial charge is 0.358 e. The molecule has 7 nitrogen and oxygen atoms in total. The van der Waals surface area contributed by atoms with E-state index < -0.39 is 18.1 Å². The molecule has 4 N–H and O–H groups in total. The fourth-order valence-electron chi connectivity index (χ4n) is 3.92. The van der Waals surface area contributed by atoms with E-state index in [0.717, 1.165) is 11.1 Å². The van der Waals surface area contributed by atoms with Crippen molar-refractivity contribution < 1.29 is 18.0 Å². The number of halogens is 3. The third-order valence-electron chi connectivity index (χ3n) is 5.56. The predicted octanol–water partition coefficient (Wildman–Crippen LogP) is 4.26. The van der Waals surface area contributed by atoms with Gasteiger partial charge in [0.25, 0.3) is 0 Å². The van der Waals surface area contributed by atoms with E-state index in [9.17, 15) is 18.0 Å². The summed E-state index contributed by atoms with van der Waals surface area (Å²) in [7, 11) is 3.32. The number of pyridine rings is 1. The zero-order valence-corrected chi connectivity index (χ0v) is 17.6. The summed E-state index contributed by atoms with van der Waals surface area (Å²) in [5.41, 5.74) is 7.79. The number of carbonyl (C=O) groups excluding carboxylic acids is 1. The number of H-pyrrole nitrogens is 1. The minimum atomic E-state index is -4.38. The number of rotatable bonds is 5. The highest BCUT2D eigenvalue weighted by atomic mass is 19.4. The van der Waals surface area contributed by atoms with E-state index >= 15 is 0 Å². The summed E-state index contributed by atoms with van der Waals surface area (Å²) >= 11 is 0. The maximum Gasteiger partial charge on any atom is 0.408 e. The number of nitrogens with two attached hydrogens (primary N) is 1. The fourth-order valence-corrected chi connectivity index (χ4v) is 3.92. The number of aromatic amines is 1. The molecule has 4 aromatic rings. The van der Waals surface area contributed by atoms with Crippen LogP contribution < -0.4 is 11.1 Å². The first-order valence-corrected chi connectivity index (χ1v) is 10.1.